The van der Waals surface area contributed by atoms with Crippen LogP contribution in [-0.2, 0) is 0 Å². The molecule has 3 heteroatoms. The number of benzene rings is 1. The zero-order valence-corrected chi connectivity index (χ0v) is 7.54. The Balaban J connectivity index is 2.99. The van der Waals surface area contributed by atoms with E-state index in [-0.39, 0.29) is 6.61 Å². The molecule has 0 aliphatic carbocycles. The molecule has 0 saturated carbocycles. The van der Waals surface area contributed by atoms with Crippen molar-refractivity contribution in [1.82, 2.24) is 0 Å². The fraction of sp³-hybridized carbons (Fsp3) is 0.100. The van der Waals surface area contributed by atoms with Crippen LogP contribution in [0.2, 0.25) is 5.02 Å². The molecule has 0 aromatic heterocycles. The molecule has 1 rings (SSSR count). The summed E-state index contributed by atoms with van der Waals surface area (Å²) in [7, 11) is 0. The maximum Gasteiger partial charge on any atom is 0.155 e. The van der Waals surface area contributed by atoms with E-state index in [0.717, 1.165) is 0 Å². The molecule has 0 radical (unpaired) electrons. The molecule has 0 bridgehead atoms. The molecule has 0 aliphatic heterocycles. The summed E-state index contributed by atoms with van der Waals surface area (Å²) in [5.74, 6) is 2.72. The predicted octanol–water partition coefficient (Wildman–Crippen LogP) is 2.16. The summed E-state index contributed by atoms with van der Waals surface area (Å²) in [6.45, 7) is 0.126. The second-order valence-corrected chi connectivity index (χ2v) is 2.67. The molecule has 0 heterocycles. The molecular weight excluding hydrogens is 188 g/mol. The highest BCUT2D eigenvalue weighted by Crippen LogP contribution is 2.24. The summed E-state index contributed by atoms with van der Waals surface area (Å²) in [4.78, 5) is 10.6. The van der Waals surface area contributed by atoms with Gasteiger partial charge in [-0.2, -0.15) is 0 Å². The lowest BCUT2D eigenvalue weighted by Gasteiger charge is -2.05. The van der Waals surface area contributed by atoms with Gasteiger partial charge in [0, 0.05) is 0 Å². The third kappa shape index (κ3) is 2.24. The van der Waals surface area contributed by atoms with Gasteiger partial charge in [0.25, 0.3) is 0 Å². The molecule has 0 aliphatic rings. The van der Waals surface area contributed by atoms with Crippen molar-refractivity contribution in [2.75, 3.05) is 6.61 Å². The summed E-state index contributed by atoms with van der Waals surface area (Å²) in [6, 6.07) is 4.96. The van der Waals surface area contributed by atoms with E-state index in [9.17, 15) is 4.79 Å². The highest BCUT2D eigenvalue weighted by atomic mass is 35.5. The van der Waals surface area contributed by atoms with Crippen LogP contribution in [0.5, 0.6) is 5.75 Å². The highest BCUT2D eigenvalue weighted by molar-refractivity contribution is 6.33. The minimum absolute atomic E-state index is 0.126. The fourth-order valence-corrected chi connectivity index (χ4v) is 1.09. The minimum atomic E-state index is 0.126. The number of hydrogen-bond acceptors (Lipinski definition) is 2. The smallest absolute Gasteiger partial charge is 0.155 e. The van der Waals surface area contributed by atoms with Crippen LogP contribution >= 0.6 is 11.6 Å². The van der Waals surface area contributed by atoms with E-state index in [1.165, 1.54) is 0 Å². The normalized spacial score (nSPS) is 8.92. The first kappa shape index (κ1) is 9.63. The van der Waals surface area contributed by atoms with Crippen molar-refractivity contribution < 1.29 is 9.53 Å². The summed E-state index contributed by atoms with van der Waals surface area (Å²) in [5, 5.41) is 0.365. The van der Waals surface area contributed by atoms with Crippen molar-refractivity contribution in [1.29, 1.82) is 0 Å². The van der Waals surface area contributed by atoms with Crippen molar-refractivity contribution in [3.8, 4) is 18.1 Å². The number of carbonyl (C=O) groups is 1. The first-order valence-corrected chi connectivity index (χ1v) is 3.97. The Labute approximate surface area is 81.5 Å². The topological polar surface area (TPSA) is 26.3 Å². The molecule has 0 unspecified atom stereocenters. The van der Waals surface area contributed by atoms with Gasteiger partial charge in [0.15, 0.2) is 6.29 Å². The maximum atomic E-state index is 10.6. The van der Waals surface area contributed by atoms with Gasteiger partial charge in [-0.15, -0.1) is 6.42 Å². The van der Waals surface area contributed by atoms with E-state index >= 15 is 0 Å². The van der Waals surface area contributed by atoms with Crippen LogP contribution in [0.1, 0.15) is 10.4 Å². The number of terminal acetylenes is 1. The number of rotatable bonds is 3. The second kappa shape index (κ2) is 4.54. The Morgan fingerprint density at radius 3 is 3.00 bits per heavy atom. The van der Waals surface area contributed by atoms with Gasteiger partial charge < -0.3 is 4.74 Å². The molecule has 0 amide bonds. The Bertz CT molecular complexity index is 352. The van der Waals surface area contributed by atoms with Gasteiger partial charge in [-0.25, -0.2) is 0 Å². The molecule has 1 aromatic rings. The summed E-state index contributed by atoms with van der Waals surface area (Å²) < 4.78 is 5.11. The Morgan fingerprint density at radius 2 is 2.38 bits per heavy atom. The maximum absolute atomic E-state index is 10.6. The van der Waals surface area contributed by atoms with Crippen LogP contribution in [0.3, 0.4) is 0 Å². The standard InChI is InChI=1S/C10H7ClO2/c1-2-6-13-10-5-3-4-9(11)8(10)7-12/h1,3-5,7H,6H2. The van der Waals surface area contributed by atoms with Crippen molar-refractivity contribution >= 4 is 17.9 Å². The Kier molecular flexibility index (Phi) is 3.36. The van der Waals surface area contributed by atoms with Crippen molar-refractivity contribution in [3.63, 3.8) is 0 Å². The van der Waals surface area contributed by atoms with Crippen LogP contribution in [-0.4, -0.2) is 12.9 Å². The van der Waals surface area contributed by atoms with Gasteiger partial charge in [-0.05, 0) is 12.1 Å². The number of ether oxygens (including phenoxy) is 1. The van der Waals surface area contributed by atoms with Gasteiger partial charge in [0.1, 0.15) is 12.4 Å². The minimum Gasteiger partial charge on any atom is -0.480 e. The second-order valence-electron chi connectivity index (χ2n) is 2.26. The molecule has 1 aromatic carbocycles. The van der Waals surface area contributed by atoms with E-state index in [0.29, 0.717) is 22.6 Å². The number of aldehydes is 1. The number of hydrogen-bond donors (Lipinski definition) is 0. The monoisotopic (exact) mass is 194 g/mol. The number of halogens is 1. The number of carbonyl (C=O) groups excluding carboxylic acids is 1. The van der Waals surface area contributed by atoms with Crippen molar-refractivity contribution in [2.45, 2.75) is 0 Å². The zero-order chi connectivity index (χ0) is 9.68. The van der Waals surface area contributed by atoms with Crippen LogP contribution in [0.15, 0.2) is 18.2 Å². The molecular formula is C10H7ClO2. The van der Waals surface area contributed by atoms with Crippen LogP contribution in [0.4, 0.5) is 0 Å². The van der Waals surface area contributed by atoms with E-state index in [1.807, 2.05) is 0 Å². The van der Waals surface area contributed by atoms with E-state index in [4.69, 9.17) is 22.8 Å². The fourth-order valence-electron chi connectivity index (χ4n) is 0.877. The molecule has 0 N–H and O–H groups in total. The average Bonchev–Trinajstić information content (AvgIpc) is 2.15. The first-order chi connectivity index (χ1) is 6.29. The Hall–Kier alpha value is -1.46. The molecule has 66 valence electrons. The molecule has 2 nitrogen and oxygen atoms in total. The predicted molar refractivity (Wildman–Crippen MR) is 51.2 cm³/mol. The molecule has 0 saturated heterocycles. The van der Waals surface area contributed by atoms with Gasteiger partial charge in [-0.1, -0.05) is 23.6 Å². The lowest BCUT2D eigenvalue weighted by atomic mass is 10.2. The molecule has 0 atom stereocenters. The van der Waals surface area contributed by atoms with Gasteiger partial charge in [0.05, 0.1) is 10.6 Å². The summed E-state index contributed by atoms with van der Waals surface area (Å²) in [5.41, 5.74) is 0.333. The van der Waals surface area contributed by atoms with Gasteiger partial charge in [-0.3, -0.25) is 4.79 Å². The van der Waals surface area contributed by atoms with Crippen LogP contribution in [0.25, 0.3) is 0 Å². The lowest BCUT2D eigenvalue weighted by molar-refractivity contribution is 0.112. The molecule has 0 spiro atoms. The lowest BCUT2D eigenvalue weighted by Crippen LogP contribution is -1.97. The van der Waals surface area contributed by atoms with E-state index in [2.05, 4.69) is 5.92 Å². The SMILES string of the molecule is C#CCOc1cccc(Cl)c1C=O. The average molecular weight is 195 g/mol. The van der Waals surface area contributed by atoms with Crippen LogP contribution in [0, 0.1) is 12.3 Å². The highest BCUT2D eigenvalue weighted by Gasteiger charge is 2.05. The summed E-state index contributed by atoms with van der Waals surface area (Å²) >= 11 is 5.75. The van der Waals surface area contributed by atoms with Crippen molar-refractivity contribution in [2.24, 2.45) is 0 Å². The third-order valence-corrected chi connectivity index (χ3v) is 1.77. The largest absolute Gasteiger partial charge is 0.480 e. The van der Waals surface area contributed by atoms with Gasteiger partial charge in [0.2, 0.25) is 0 Å². The molecule has 13 heavy (non-hydrogen) atoms. The van der Waals surface area contributed by atoms with Crippen LogP contribution < -0.4 is 4.74 Å². The van der Waals surface area contributed by atoms with E-state index in [1.54, 1.807) is 18.2 Å². The zero-order valence-electron chi connectivity index (χ0n) is 6.79. The molecule has 0 fully saturated rings. The van der Waals surface area contributed by atoms with Gasteiger partial charge >= 0.3 is 0 Å². The summed E-state index contributed by atoms with van der Waals surface area (Å²) in [6.07, 6.45) is 5.66. The first-order valence-electron chi connectivity index (χ1n) is 3.59. The third-order valence-electron chi connectivity index (χ3n) is 1.44. The van der Waals surface area contributed by atoms with Crippen molar-refractivity contribution in [3.05, 3.63) is 28.8 Å². The quantitative estimate of drug-likeness (QED) is 0.545. The van der Waals surface area contributed by atoms with E-state index < -0.39 is 0 Å². The Morgan fingerprint density at radius 1 is 1.62 bits per heavy atom.